The SMILES string of the molecule is CNc1ncc([N+](=O)[O-])c(-c2ccoc2)n1. The van der Waals surface area contributed by atoms with Crippen LogP contribution in [0.15, 0.2) is 29.2 Å². The fourth-order valence-corrected chi connectivity index (χ4v) is 1.24. The number of furan rings is 1. The van der Waals surface area contributed by atoms with Gasteiger partial charge in [-0.25, -0.2) is 9.97 Å². The Kier molecular flexibility index (Phi) is 2.50. The van der Waals surface area contributed by atoms with E-state index < -0.39 is 4.92 Å². The molecule has 0 amide bonds. The lowest BCUT2D eigenvalue weighted by molar-refractivity contribution is -0.384. The highest BCUT2D eigenvalue weighted by atomic mass is 16.6. The van der Waals surface area contributed by atoms with Gasteiger partial charge in [0, 0.05) is 12.6 Å². The van der Waals surface area contributed by atoms with Crippen LogP contribution in [0.4, 0.5) is 11.6 Å². The van der Waals surface area contributed by atoms with Gasteiger partial charge in [0.1, 0.15) is 6.20 Å². The van der Waals surface area contributed by atoms with Crippen molar-refractivity contribution in [2.24, 2.45) is 0 Å². The molecule has 0 atom stereocenters. The Morgan fingerprint density at radius 3 is 2.94 bits per heavy atom. The Balaban J connectivity index is 2.59. The fraction of sp³-hybridized carbons (Fsp3) is 0.111. The van der Waals surface area contributed by atoms with Gasteiger partial charge in [0.05, 0.1) is 17.4 Å². The Labute approximate surface area is 90.3 Å². The second-order valence-electron chi connectivity index (χ2n) is 2.95. The first-order valence-electron chi connectivity index (χ1n) is 4.44. The molecular formula is C9H8N4O3. The zero-order valence-corrected chi connectivity index (χ0v) is 8.38. The molecule has 16 heavy (non-hydrogen) atoms. The lowest BCUT2D eigenvalue weighted by Gasteiger charge is -2.01. The molecule has 0 aliphatic heterocycles. The van der Waals surface area contributed by atoms with Crippen LogP contribution in [0.25, 0.3) is 11.3 Å². The molecule has 2 rings (SSSR count). The van der Waals surface area contributed by atoms with Gasteiger partial charge in [-0.05, 0) is 6.07 Å². The highest BCUT2D eigenvalue weighted by Crippen LogP contribution is 2.27. The lowest BCUT2D eigenvalue weighted by Crippen LogP contribution is -2.01. The molecule has 2 aromatic heterocycles. The van der Waals surface area contributed by atoms with E-state index in [1.54, 1.807) is 13.1 Å². The molecule has 0 saturated heterocycles. The van der Waals surface area contributed by atoms with Gasteiger partial charge in [0.2, 0.25) is 5.95 Å². The van der Waals surface area contributed by atoms with Crippen LogP contribution >= 0.6 is 0 Å². The van der Waals surface area contributed by atoms with Gasteiger partial charge in [-0.2, -0.15) is 0 Å². The smallest absolute Gasteiger partial charge is 0.313 e. The summed E-state index contributed by atoms with van der Waals surface area (Å²) in [7, 11) is 1.64. The van der Waals surface area contributed by atoms with Crippen LogP contribution in [0.1, 0.15) is 0 Å². The van der Waals surface area contributed by atoms with Crippen LogP contribution < -0.4 is 5.32 Å². The third kappa shape index (κ3) is 1.70. The van der Waals surface area contributed by atoms with Crippen LogP contribution in [0.2, 0.25) is 0 Å². The first-order chi connectivity index (χ1) is 7.72. The van der Waals surface area contributed by atoms with E-state index in [4.69, 9.17) is 4.42 Å². The van der Waals surface area contributed by atoms with Crippen molar-refractivity contribution in [1.29, 1.82) is 0 Å². The summed E-state index contributed by atoms with van der Waals surface area (Å²) in [5.74, 6) is 0.321. The molecule has 0 aromatic carbocycles. The number of nitrogens with zero attached hydrogens (tertiary/aromatic N) is 3. The summed E-state index contributed by atoms with van der Waals surface area (Å²) < 4.78 is 4.87. The minimum absolute atomic E-state index is 0.152. The van der Waals surface area contributed by atoms with E-state index in [0.717, 1.165) is 0 Å². The second kappa shape index (κ2) is 3.97. The molecule has 7 heteroatoms. The summed E-state index contributed by atoms with van der Waals surface area (Å²) in [6.07, 6.45) is 4.00. The average molecular weight is 220 g/mol. The van der Waals surface area contributed by atoms with Crippen LogP contribution in [0.3, 0.4) is 0 Å². The van der Waals surface area contributed by atoms with Crippen LogP contribution in [-0.4, -0.2) is 21.9 Å². The highest BCUT2D eigenvalue weighted by molar-refractivity contribution is 5.68. The molecule has 0 aliphatic carbocycles. The van der Waals surface area contributed by atoms with E-state index >= 15 is 0 Å². The predicted octanol–water partition coefficient (Wildman–Crippen LogP) is 1.69. The first-order valence-corrected chi connectivity index (χ1v) is 4.44. The number of nitrogens with one attached hydrogen (secondary N) is 1. The van der Waals surface area contributed by atoms with Gasteiger partial charge in [-0.3, -0.25) is 10.1 Å². The van der Waals surface area contributed by atoms with Crippen LogP contribution in [0.5, 0.6) is 0 Å². The summed E-state index contributed by atoms with van der Waals surface area (Å²) >= 11 is 0. The van der Waals surface area contributed by atoms with E-state index in [0.29, 0.717) is 11.5 Å². The van der Waals surface area contributed by atoms with Crippen molar-refractivity contribution in [3.8, 4) is 11.3 Å². The standard InChI is InChI=1S/C9H8N4O3/c1-10-9-11-4-7(13(14)15)8(12-9)6-2-3-16-5-6/h2-5H,1H3,(H,10,11,12). The summed E-state index contributed by atoms with van der Waals surface area (Å²) in [5, 5.41) is 13.5. The van der Waals surface area contributed by atoms with Crippen molar-refractivity contribution in [2.75, 3.05) is 12.4 Å². The quantitative estimate of drug-likeness (QED) is 0.624. The molecule has 0 bridgehead atoms. The van der Waals surface area contributed by atoms with Gasteiger partial charge >= 0.3 is 5.69 Å². The molecule has 0 aliphatic rings. The third-order valence-electron chi connectivity index (χ3n) is 1.98. The first kappa shape index (κ1) is 10.1. The van der Waals surface area contributed by atoms with Gasteiger partial charge in [0.25, 0.3) is 0 Å². The molecule has 0 radical (unpaired) electrons. The topological polar surface area (TPSA) is 94.1 Å². The Morgan fingerprint density at radius 2 is 2.38 bits per heavy atom. The molecule has 0 fully saturated rings. The Morgan fingerprint density at radius 1 is 1.56 bits per heavy atom. The maximum Gasteiger partial charge on any atom is 0.313 e. The molecular weight excluding hydrogens is 212 g/mol. The molecule has 82 valence electrons. The summed E-state index contributed by atoms with van der Waals surface area (Å²) in [5.41, 5.74) is 0.629. The number of hydrogen-bond donors (Lipinski definition) is 1. The van der Waals surface area contributed by atoms with Crippen molar-refractivity contribution in [2.45, 2.75) is 0 Å². The molecule has 7 nitrogen and oxygen atoms in total. The number of aromatic nitrogens is 2. The molecule has 2 aromatic rings. The van der Waals surface area contributed by atoms with E-state index in [9.17, 15) is 10.1 Å². The molecule has 1 N–H and O–H groups in total. The van der Waals surface area contributed by atoms with Gasteiger partial charge in [0.15, 0.2) is 5.69 Å². The molecule has 0 saturated carbocycles. The highest BCUT2D eigenvalue weighted by Gasteiger charge is 2.19. The maximum atomic E-state index is 10.8. The number of anilines is 1. The zero-order valence-electron chi connectivity index (χ0n) is 8.38. The van der Waals surface area contributed by atoms with Gasteiger partial charge in [-0.1, -0.05) is 0 Å². The number of nitro groups is 1. The monoisotopic (exact) mass is 220 g/mol. The fourth-order valence-electron chi connectivity index (χ4n) is 1.24. The van der Waals surface area contributed by atoms with Crippen LogP contribution in [-0.2, 0) is 0 Å². The van der Waals surface area contributed by atoms with Crippen LogP contribution in [0, 0.1) is 10.1 Å². The molecule has 0 unspecified atom stereocenters. The van der Waals surface area contributed by atoms with Crippen molar-refractivity contribution >= 4 is 11.6 Å². The maximum absolute atomic E-state index is 10.8. The van der Waals surface area contributed by atoms with Crippen molar-refractivity contribution in [1.82, 2.24) is 9.97 Å². The predicted molar refractivity (Wildman–Crippen MR) is 55.9 cm³/mol. The van der Waals surface area contributed by atoms with Gasteiger partial charge < -0.3 is 9.73 Å². The normalized spacial score (nSPS) is 10.1. The molecule has 0 spiro atoms. The largest absolute Gasteiger partial charge is 0.472 e. The minimum Gasteiger partial charge on any atom is -0.472 e. The number of hydrogen-bond acceptors (Lipinski definition) is 6. The molecule has 2 heterocycles. The Hall–Kier alpha value is -2.44. The van der Waals surface area contributed by atoms with Crippen molar-refractivity contribution in [3.63, 3.8) is 0 Å². The van der Waals surface area contributed by atoms with E-state index in [2.05, 4.69) is 15.3 Å². The average Bonchev–Trinajstić information content (AvgIpc) is 2.81. The van der Waals surface area contributed by atoms with E-state index in [1.165, 1.54) is 18.7 Å². The van der Waals surface area contributed by atoms with E-state index in [1.807, 2.05) is 0 Å². The third-order valence-corrected chi connectivity index (χ3v) is 1.98. The summed E-state index contributed by atoms with van der Waals surface area (Å²) in [6.45, 7) is 0. The minimum atomic E-state index is -0.526. The second-order valence-corrected chi connectivity index (χ2v) is 2.95. The van der Waals surface area contributed by atoms with E-state index in [-0.39, 0.29) is 11.4 Å². The van der Waals surface area contributed by atoms with Gasteiger partial charge in [-0.15, -0.1) is 0 Å². The summed E-state index contributed by atoms with van der Waals surface area (Å²) in [4.78, 5) is 18.1. The lowest BCUT2D eigenvalue weighted by atomic mass is 10.2. The zero-order chi connectivity index (χ0) is 11.5. The Bertz CT molecular complexity index is 509. The number of rotatable bonds is 3. The van der Waals surface area contributed by atoms with Crippen molar-refractivity contribution in [3.05, 3.63) is 34.9 Å². The van der Waals surface area contributed by atoms with Crippen molar-refractivity contribution < 1.29 is 9.34 Å². The summed E-state index contributed by atoms with van der Waals surface area (Å²) in [6, 6.07) is 1.61.